The zero-order valence-corrected chi connectivity index (χ0v) is 18.8. The van der Waals surface area contributed by atoms with Gasteiger partial charge in [0.05, 0.1) is 39.6 Å². The summed E-state index contributed by atoms with van der Waals surface area (Å²) in [6, 6.07) is 0. The maximum absolute atomic E-state index is 8.97. The Kier molecular flexibility index (Phi) is 19.1. The normalized spacial score (nSPS) is 21.7. The largest absolute Gasteiger partial charge is 0.384 e. The molecule has 3 rings (SSSR count). The van der Waals surface area contributed by atoms with Crippen LogP contribution in [0.2, 0.25) is 0 Å². The van der Waals surface area contributed by atoms with Gasteiger partial charge in [-0.1, -0.05) is 41.5 Å². The number of morpholine rings is 1. The number of nitrogens with zero attached hydrogens (tertiary/aromatic N) is 1. The quantitative estimate of drug-likeness (QED) is 0.664. The highest BCUT2D eigenvalue weighted by molar-refractivity contribution is 4.85. The smallest absolute Gasteiger partial charge is 0.123 e. The molecule has 7 nitrogen and oxygen atoms in total. The Labute approximate surface area is 167 Å². The van der Waals surface area contributed by atoms with E-state index in [1.54, 1.807) is 0 Å². The van der Waals surface area contributed by atoms with Crippen LogP contribution in [0.5, 0.6) is 0 Å². The zero-order chi connectivity index (χ0) is 21.2. The molecule has 0 unspecified atom stereocenters. The molecule has 0 amide bonds. The third-order valence-electron chi connectivity index (χ3n) is 4.43. The average molecular weight is 394 g/mol. The van der Waals surface area contributed by atoms with Crippen LogP contribution < -0.4 is 11.5 Å². The third-order valence-corrected chi connectivity index (χ3v) is 4.43. The van der Waals surface area contributed by atoms with Crippen molar-refractivity contribution in [2.24, 2.45) is 16.9 Å². The van der Waals surface area contributed by atoms with Crippen LogP contribution in [0.25, 0.3) is 0 Å². The maximum Gasteiger partial charge on any atom is 0.123 e. The molecular weight excluding hydrogens is 346 g/mol. The van der Waals surface area contributed by atoms with Crippen molar-refractivity contribution >= 4 is 0 Å². The maximum atomic E-state index is 8.97. The molecule has 27 heavy (non-hydrogen) atoms. The van der Waals surface area contributed by atoms with E-state index in [9.17, 15) is 0 Å². The molecule has 3 heterocycles. The predicted molar refractivity (Wildman–Crippen MR) is 113 cm³/mol. The van der Waals surface area contributed by atoms with Gasteiger partial charge in [0.2, 0.25) is 0 Å². The first-order valence-corrected chi connectivity index (χ1v) is 10.5. The highest BCUT2D eigenvalue weighted by atomic mass is 16.5. The second-order valence-corrected chi connectivity index (χ2v) is 6.82. The molecule has 0 radical (unpaired) electrons. The van der Waals surface area contributed by atoms with Crippen LogP contribution in [0.4, 0.5) is 0 Å². The summed E-state index contributed by atoms with van der Waals surface area (Å²) in [5.74, 6) is 0. The Morgan fingerprint density at radius 1 is 0.889 bits per heavy atom. The van der Waals surface area contributed by atoms with Crippen molar-refractivity contribution in [1.82, 2.24) is 4.90 Å². The van der Waals surface area contributed by atoms with Crippen molar-refractivity contribution in [3.8, 4) is 0 Å². The molecule has 0 aliphatic carbocycles. The van der Waals surface area contributed by atoms with Crippen LogP contribution >= 0.6 is 0 Å². The van der Waals surface area contributed by atoms with Crippen LogP contribution in [0.1, 0.15) is 48.0 Å². The Hall–Kier alpha value is -0.280. The molecule has 0 aromatic carbocycles. The minimum absolute atomic E-state index is 0.312. The lowest BCUT2D eigenvalue weighted by atomic mass is 9.86. The SMILES string of the molecule is CC.CC.CCC1(C)COC1.NCC1(O)COC1.NCCN1CCOCC1. The standard InChI is InChI=1S/C6H14N2O.C6H12O.C4H9NO2.2C2H6/c7-1-2-8-3-5-9-6-4-8;1-3-6(2)4-7-5-6;5-1-4(6)2-7-3-4;2*1-2/h1-7H2;3-5H2,1-2H3;6H,1-3,5H2;2*1-2H3. The van der Waals surface area contributed by atoms with Crippen molar-refractivity contribution in [3.05, 3.63) is 0 Å². The summed E-state index contributed by atoms with van der Waals surface area (Å²) in [6.45, 7) is 21.2. The molecule has 0 bridgehead atoms. The summed E-state index contributed by atoms with van der Waals surface area (Å²) in [4.78, 5) is 2.32. The van der Waals surface area contributed by atoms with Crippen molar-refractivity contribution in [1.29, 1.82) is 0 Å². The van der Waals surface area contributed by atoms with E-state index >= 15 is 0 Å². The highest BCUT2D eigenvalue weighted by Gasteiger charge is 2.34. The van der Waals surface area contributed by atoms with E-state index in [1.807, 2.05) is 27.7 Å². The number of aliphatic hydroxyl groups is 1. The first-order chi connectivity index (χ1) is 13.0. The third kappa shape index (κ3) is 13.5. The molecule has 3 fully saturated rings. The first-order valence-electron chi connectivity index (χ1n) is 10.5. The molecule has 0 aromatic rings. The minimum atomic E-state index is -0.681. The van der Waals surface area contributed by atoms with Gasteiger partial charge in [-0.15, -0.1) is 0 Å². The fourth-order valence-electron chi connectivity index (χ4n) is 2.12. The van der Waals surface area contributed by atoms with Crippen LogP contribution in [0, 0.1) is 5.41 Å². The van der Waals surface area contributed by atoms with Gasteiger partial charge in [0.15, 0.2) is 0 Å². The lowest BCUT2D eigenvalue weighted by Gasteiger charge is -2.36. The van der Waals surface area contributed by atoms with Crippen molar-refractivity contribution in [2.45, 2.75) is 53.6 Å². The van der Waals surface area contributed by atoms with Gasteiger partial charge in [0.1, 0.15) is 5.60 Å². The summed E-state index contributed by atoms with van der Waals surface area (Å²) >= 11 is 0. The molecular formula is C20H47N3O4. The predicted octanol–water partition coefficient (Wildman–Crippen LogP) is 1.47. The van der Waals surface area contributed by atoms with Crippen LogP contribution in [0.15, 0.2) is 0 Å². The molecule has 0 aromatic heterocycles. The van der Waals surface area contributed by atoms with Crippen molar-refractivity contribution in [3.63, 3.8) is 0 Å². The van der Waals surface area contributed by atoms with Gasteiger partial charge in [-0.3, -0.25) is 4.90 Å². The van der Waals surface area contributed by atoms with Crippen molar-refractivity contribution < 1.29 is 19.3 Å². The number of ether oxygens (including phenoxy) is 3. The second kappa shape index (κ2) is 17.8. The van der Waals surface area contributed by atoms with Gasteiger partial charge >= 0.3 is 0 Å². The molecule has 0 saturated carbocycles. The summed E-state index contributed by atoms with van der Waals surface area (Å²) in [5, 5.41) is 8.97. The van der Waals surface area contributed by atoms with Crippen LogP contribution in [-0.2, 0) is 14.2 Å². The molecule has 3 aliphatic heterocycles. The lowest BCUT2D eigenvalue weighted by molar-refractivity contribution is -0.171. The molecule has 166 valence electrons. The molecule has 0 atom stereocenters. The summed E-state index contributed by atoms with van der Waals surface area (Å²) in [6.07, 6.45) is 1.26. The lowest BCUT2D eigenvalue weighted by Crippen LogP contribution is -2.54. The molecule has 3 saturated heterocycles. The molecule has 7 heteroatoms. The van der Waals surface area contributed by atoms with E-state index in [2.05, 4.69) is 18.7 Å². The second-order valence-electron chi connectivity index (χ2n) is 6.82. The number of nitrogens with two attached hydrogens (primary N) is 2. The van der Waals surface area contributed by atoms with Gasteiger partial charge in [-0.05, 0) is 6.42 Å². The number of hydrogen-bond donors (Lipinski definition) is 3. The molecule has 3 aliphatic rings. The number of rotatable bonds is 4. The van der Waals surface area contributed by atoms with Crippen molar-refractivity contribution in [2.75, 3.05) is 72.4 Å². The van der Waals surface area contributed by atoms with Gasteiger partial charge < -0.3 is 30.8 Å². The summed E-state index contributed by atoms with van der Waals surface area (Å²) < 4.78 is 14.9. The fourth-order valence-corrected chi connectivity index (χ4v) is 2.12. The zero-order valence-electron chi connectivity index (χ0n) is 18.8. The van der Waals surface area contributed by atoms with E-state index in [-0.39, 0.29) is 0 Å². The van der Waals surface area contributed by atoms with Crippen LogP contribution in [-0.4, -0.2) is 88.0 Å². The van der Waals surface area contributed by atoms with E-state index in [0.29, 0.717) is 25.2 Å². The highest BCUT2D eigenvalue weighted by Crippen LogP contribution is 2.29. The minimum Gasteiger partial charge on any atom is -0.384 e. The topological polar surface area (TPSA) is 103 Å². The van der Waals surface area contributed by atoms with Crippen LogP contribution in [0.3, 0.4) is 0 Å². The van der Waals surface area contributed by atoms with E-state index in [0.717, 1.165) is 52.6 Å². The number of hydrogen-bond acceptors (Lipinski definition) is 7. The molecule has 5 N–H and O–H groups in total. The van der Waals surface area contributed by atoms with E-state index in [1.165, 1.54) is 6.42 Å². The Morgan fingerprint density at radius 3 is 1.56 bits per heavy atom. The Balaban J connectivity index is 0. The van der Waals surface area contributed by atoms with E-state index in [4.69, 9.17) is 30.8 Å². The van der Waals surface area contributed by atoms with Gasteiger partial charge in [-0.25, -0.2) is 0 Å². The average Bonchev–Trinajstić information content (AvgIpc) is 2.69. The Morgan fingerprint density at radius 2 is 1.37 bits per heavy atom. The van der Waals surface area contributed by atoms with Gasteiger partial charge in [0.25, 0.3) is 0 Å². The first kappa shape index (κ1) is 28.9. The fraction of sp³-hybridized carbons (Fsp3) is 1.00. The summed E-state index contributed by atoms with van der Waals surface area (Å²) in [5.41, 5.74) is 10.4. The van der Waals surface area contributed by atoms with E-state index < -0.39 is 5.60 Å². The Bertz CT molecular complexity index is 272. The monoisotopic (exact) mass is 393 g/mol. The molecule has 0 spiro atoms. The summed E-state index contributed by atoms with van der Waals surface area (Å²) in [7, 11) is 0. The van der Waals surface area contributed by atoms with Gasteiger partial charge in [-0.2, -0.15) is 0 Å². The van der Waals surface area contributed by atoms with Gasteiger partial charge in [0, 0.05) is 38.1 Å².